The largest absolute Gasteiger partial charge is 0.321 e. The van der Waals surface area contributed by atoms with Crippen LogP contribution in [0.5, 0.6) is 0 Å². The van der Waals surface area contributed by atoms with E-state index in [9.17, 15) is 0 Å². The predicted molar refractivity (Wildman–Crippen MR) is 48.2 cm³/mol. The van der Waals surface area contributed by atoms with Crippen molar-refractivity contribution in [3.8, 4) is 0 Å². The Balaban J connectivity index is 2.74. The van der Waals surface area contributed by atoms with Gasteiger partial charge in [0.05, 0.1) is 0 Å². The maximum absolute atomic E-state index is 5.97. The number of rotatable bonds is 1. The van der Waals surface area contributed by atoms with E-state index in [1.807, 2.05) is 19.1 Å². The van der Waals surface area contributed by atoms with Crippen LogP contribution in [-0.2, 0) is 0 Å². The van der Waals surface area contributed by atoms with Gasteiger partial charge in [-0.3, -0.25) is 0 Å². The lowest BCUT2D eigenvalue weighted by Crippen LogP contribution is -2.44. The second kappa shape index (κ2) is 2.81. The van der Waals surface area contributed by atoms with E-state index in [-0.39, 0.29) is 5.54 Å². The minimum Gasteiger partial charge on any atom is -0.321 e. The van der Waals surface area contributed by atoms with E-state index in [0.29, 0.717) is 5.25 Å². The van der Waals surface area contributed by atoms with Gasteiger partial charge in [-0.05, 0) is 13.2 Å². The van der Waals surface area contributed by atoms with Crippen molar-refractivity contribution in [2.45, 2.75) is 17.7 Å². The van der Waals surface area contributed by atoms with E-state index in [4.69, 9.17) is 5.73 Å². The standard InChI is InChI=1S/C8H13NS/c1-8(9)6-4-3-5-7(8)10-2/h3-7H,9H2,1-2H3. The Morgan fingerprint density at radius 1 is 1.50 bits per heavy atom. The van der Waals surface area contributed by atoms with E-state index in [1.54, 1.807) is 11.8 Å². The monoisotopic (exact) mass is 155 g/mol. The van der Waals surface area contributed by atoms with E-state index in [1.165, 1.54) is 0 Å². The molecule has 0 amide bonds. The first-order valence-corrected chi connectivity index (χ1v) is 4.63. The molecule has 2 atom stereocenters. The highest BCUT2D eigenvalue weighted by Gasteiger charge is 2.25. The maximum atomic E-state index is 5.97. The highest BCUT2D eigenvalue weighted by molar-refractivity contribution is 7.99. The summed E-state index contributed by atoms with van der Waals surface area (Å²) >= 11 is 1.79. The zero-order chi connectivity index (χ0) is 7.61. The lowest BCUT2D eigenvalue weighted by atomic mass is 9.94. The molecule has 0 aromatic carbocycles. The van der Waals surface area contributed by atoms with Gasteiger partial charge in [0, 0.05) is 10.8 Å². The molecule has 0 heterocycles. The molecule has 1 rings (SSSR count). The van der Waals surface area contributed by atoms with Crippen molar-refractivity contribution in [2.75, 3.05) is 6.26 Å². The molecule has 10 heavy (non-hydrogen) atoms. The van der Waals surface area contributed by atoms with Crippen molar-refractivity contribution in [1.29, 1.82) is 0 Å². The van der Waals surface area contributed by atoms with Crippen LogP contribution in [0.3, 0.4) is 0 Å². The Labute approximate surface area is 66.4 Å². The highest BCUT2D eigenvalue weighted by atomic mass is 32.2. The van der Waals surface area contributed by atoms with Crippen LogP contribution < -0.4 is 5.73 Å². The molecule has 1 nitrogen and oxygen atoms in total. The minimum absolute atomic E-state index is 0.159. The third-order valence-electron chi connectivity index (χ3n) is 1.72. The molecule has 2 unspecified atom stereocenters. The van der Waals surface area contributed by atoms with Gasteiger partial charge in [0.15, 0.2) is 0 Å². The number of hydrogen-bond acceptors (Lipinski definition) is 2. The summed E-state index contributed by atoms with van der Waals surface area (Å²) in [5, 5.41) is 0.428. The average Bonchev–Trinajstić information content (AvgIpc) is 1.87. The van der Waals surface area contributed by atoms with Gasteiger partial charge in [0.2, 0.25) is 0 Å². The zero-order valence-electron chi connectivity index (χ0n) is 6.37. The van der Waals surface area contributed by atoms with Gasteiger partial charge < -0.3 is 5.73 Å². The minimum atomic E-state index is -0.159. The van der Waals surface area contributed by atoms with Gasteiger partial charge >= 0.3 is 0 Å². The fourth-order valence-corrected chi connectivity index (χ4v) is 1.90. The molecule has 0 saturated carbocycles. The smallest absolute Gasteiger partial charge is 0.0469 e. The van der Waals surface area contributed by atoms with Crippen molar-refractivity contribution in [3.05, 3.63) is 24.3 Å². The molecule has 2 N–H and O–H groups in total. The summed E-state index contributed by atoms with van der Waals surface area (Å²) in [5.74, 6) is 0. The van der Waals surface area contributed by atoms with Crippen molar-refractivity contribution in [3.63, 3.8) is 0 Å². The van der Waals surface area contributed by atoms with Gasteiger partial charge in [0.25, 0.3) is 0 Å². The zero-order valence-corrected chi connectivity index (χ0v) is 7.19. The molecular weight excluding hydrogens is 142 g/mol. The number of nitrogens with two attached hydrogens (primary N) is 1. The molecule has 56 valence electrons. The molecule has 0 bridgehead atoms. The number of thioether (sulfide) groups is 1. The van der Waals surface area contributed by atoms with E-state index < -0.39 is 0 Å². The quantitative estimate of drug-likeness (QED) is 0.622. The van der Waals surface area contributed by atoms with Gasteiger partial charge in [-0.1, -0.05) is 24.3 Å². The van der Waals surface area contributed by atoms with Gasteiger partial charge in [-0.25, -0.2) is 0 Å². The Bertz CT molecular complexity index is 170. The summed E-state index contributed by atoms with van der Waals surface area (Å²) in [5.41, 5.74) is 5.82. The van der Waals surface area contributed by atoms with Crippen LogP contribution in [-0.4, -0.2) is 17.0 Å². The fourth-order valence-electron chi connectivity index (χ4n) is 1.06. The SMILES string of the molecule is CSC1C=CC=CC1(C)N. The van der Waals surface area contributed by atoms with Crippen molar-refractivity contribution in [2.24, 2.45) is 5.73 Å². The van der Waals surface area contributed by atoms with Crippen LogP contribution in [0.15, 0.2) is 24.3 Å². The van der Waals surface area contributed by atoms with Crippen LogP contribution in [0, 0.1) is 0 Å². The Morgan fingerprint density at radius 3 is 2.60 bits per heavy atom. The average molecular weight is 155 g/mol. The normalized spacial score (nSPS) is 38.5. The molecule has 0 saturated heterocycles. The fraction of sp³-hybridized carbons (Fsp3) is 0.500. The lowest BCUT2D eigenvalue weighted by Gasteiger charge is -2.29. The molecule has 0 spiro atoms. The maximum Gasteiger partial charge on any atom is 0.0469 e. The first kappa shape index (κ1) is 7.89. The van der Waals surface area contributed by atoms with E-state index in [2.05, 4.69) is 18.4 Å². The summed E-state index contributed by atoms with van der Waals surface area (Å²) in [4.78, 5) is 0. The summed E-state index contributed by atoms with van der Waals surface area (Å²) in [6, 6.07) is 0. The van der Waals surface area contributed by atoms with E-state index >= 15 is 0 Å². The second-order valence-corrected chi connectivity index (χ2v) is 3.75. The molecule has 2 heteroatoms. The topological polar surface area (TPSA) is 26.0 Å². The lowest BCUT2D eigenvalue weighted by molar-refractivity contribution is 0.603. The summed E-state index contributed by atoms with van der Waals surface area (Å²) < 4.78 is 0. The molecule has 0 aliphatic heterocycles. The Hall–Kier alpha value is -0.210. The van der Waals surface area contributed by atoms with Gasteiger partial charge in [-0.15, -0.1) is 0 Å². The Kier molecular flexibility index (Phi) is 2.21. The summed E-state index contributed by atoms with van der Waals surface area (Å²) in [7, 11) is 0. The van der Waals surface area contributed by atoms with Crippen LogP contribution in [0.25, 0.3) is 0 Å². The number of allylic oxidation sites excluding steroid dienone is 2. The predicted octanol–water partition coefficient (Wildman–Crippen LogP) is 1.56. The molecule has 0 fully saturated rings. The number of hydrogen-bond donors (Lipinski definition) is 1. The van der Waals surface area contributed by atoms with E-state index in [0.717, 1.165) is 0 Å². The van der Waals surface area contributed by atoms with Crippen LogP contribution >= 0.6 is 11.8 Å². The van der Waals surface area contributed by atoms with Gasteiger partial charge in [-0.2, -0.15) is 11.8 Å². The Morgan fingerprint density at radius 2 is 2.20 bits per heavy atom. The molecule has 0 aromatic rings. The highest BCUT2D eigenvalue weighted by Crippen LogP contribution is 2.24. The molecule has 0 aromatic heterocycles. The van der Waals surface area contributed by atoms with Crippen molar-refractivity contribution in [1.82, 2.24) is 0 Å². The molecule has 1 aliphatic carbocycles. The molecular formula is C8H13NS. The molecule has 0 radical (unpaired) electrons. The van der Waals surface area contributed by atoms with Crippen LogP contribution in [0.2, 0.25) is 0 Å². The molecule has 1 aliphatic rings. The van der Waals surface area contributed by atoms with Crippen LogP contribution in [0.1, 0.15) is 6.92 Å². The third-order valence-corrected chi connectivity index (χ3v) is 2.89. The summed E-state index contributed by atoms with van der Waals surface area (Å²) in [6.07, 6.45) is 10.3. The first-order chi connectivity index (χ1) is 4.67. The van der Waals surface area contributed by atoms with Crippen molar-refractivity contribution >= 4 is 11.8 Å². The summed E-state index contributed by atoms with van der Waals surface area (Å²) in [6.45, 7) is 2.05. The first-order valence-electron chi connectivity index (χ1n) is 3.34. The van der Waals surface area contributed by atoms with Crippen LogP contribution in [0.4, 0.5) is 0 Å². The van der Waals surface area contributed by atoms with Crippen molar-refractivity contribution < 1.29 is 0 Å². The second-order valence-electron chi connectivity index (χ2n) is 2.77. The van der Waals surface area contributed by atoms with Gasteiger partial charge in [0.1, 0.15) is 0 Å². The third kappa shape index (κ3) is 1.44.